The van der Waals surface area contributed by atoms with Crippen molar-refractivity contribution in [2.75, 3.05) is 0 Å². The van der Waals surface area contributed by atoms with Crippen LogP contribution in [0, 0.1) is 5.92 Å². The number of hydrogen-bond acceptors (Lipinski definition) is 3. The van der Waals surface area contributed by atoms with Crippen LogP contribution in [0.2, 0.25) is 0 Å². The highest BCUT2D eigenvalue weighted by molar-refractivity contribution is 7.09. The second-order valence-electron chi connectivity index (χ2n) is 6.88. The van der Waals surface area contributed by atoms with Crippen LogP contribution in [0.5, 0.6) is 0 Å². The molecule has 2 unspecified atom stereocenters. The Balaban J connectivity index is 1.62. The minimum Gasteiger partial charge on any atom is -0.299 e. The Morgan fingerprint density at radius 1 is 1.29 bits per heavy atom. The Bertz CT molecular complexity index is 639. The first-order valence-electron chi connectivity index (χ1n) is 7.47. The number of rotatable bonds is 4. The maximum atomic E-state index is 12.4. The van der Waals surface area contributed by atoms with Crippen LogP contribution in [-0.2, 0) is 16.6 Å². The summed E-state index contributed by atoms with van der Waals surface area (Å²) in [5.74, 6) is 0.980. The molecule has 2 atom stereocenters. The van der Waals surface area contributed by atoms with Gasteiger partial charge in [-0.3, -0.25) is 4.79 Å². The predicted octanol–water partition coefficient (Wildman–Crippen LogP) is 4.36. The van der Waals surface area contributed by atoms with E-state index in [2.05, 4.69) is 43.3 Å². The summed E-state index contributed by atoms with van der Waals surface area (Å²) >= 11 is 1.62. The lowest BCUT2D eigenvalue weighted by Crippen LogP contribution is -2.12. The van der Waals surface area contributed by atoms with E-state index in [1.165, 1.54) is 5.56 Å². The lowest BCUT2D eigenvalue weighted by atomic mass is 9.93. The monoisotopic (exact) mass is 299 g/mol. The summed E-state index contributed by atoms with van der Waals surface area (Å²) in [5, 5.41) is 3.05. The molecule has 0 amide bonds. The van der Waals surface area contributed by atoms with Gasteiger partial charge in [-0.15, -0.1) is 11.3 Å². The van der Waals surface area contributed by atoms with Crippen LogP contribution in [0.1, 0.15) is 49.4 Å². The number of ketones is 1. The van der Waals surface area contributed by atoms with Crippen molar-refractivity contribution in [1.82, 2.24) is 4.98 Å². The molecule has 1 heterocycles. The van der Waals surface area contributed by atoms with E-state index < -0.39 is 0 Å². The van der Waals surface area contributed by atoms with Crippen molar-refractivity contribution in [2.24, 2.45) is 5.92 Å². The van der Waals surface area contributed by atoms with Gasteiger partial charge in [0.15, 0.2) is 0 Å². The van der Waals surface area contributed by atoms with Gasteiger partial charge in [0.1, 0.15) is 10.8 Å². The predicted molar refractivity (Wildman–Crippen MR) is 86.8 cm³/mol. The molecule has 3 heteroatoms. The molecule has 1 aliphatic carbocycles. The van der Waals surface area contributed by atoms with Gasteiger partial charge in [0.25, 0.3) is 0 Å². The summed E-state index contributed by atoms with van der Waals surface area (Å²) in [5.41, 5.74) is 2.44. The Morgan fingerprint density at radius 3 is 2.62 bits per heavy atom. The fourth-order valence-electron chi connectivity index (χ4n) is 2.64. The van der Waals surface area contributed by atoms with Crippen LogP contribution < -0.4 is 0 Å². The molecule has 2 nitrogen and oxygen atoms in total. The first kappa shape index (κ1) is 14.5. The zero-order valence-electron chi connectivity index (χ0n) is 12.8. The molecule has 2 aromatic rings. The summed E-state index contributed by atoms with van der Waals surface area (Å²) in [4.78, 5) is 17.0. The molecular weight excluding hydrogens is 278 g/mol. The summed E-state index contributed by atoms with van der Waals surface area (Å²) < 4.78 is 0. The van der Waals surface area contributed by atoms with Crippen molar-refractivity contribution in [2.45, 2.75) is 44.9 Å². The largest absolute Gasteiger partial charge is 0.299 e. The summed E-state index contributed by atoms with van der Waals surface area (Å²) in [6.45, 7) is 6.46. The standard InChI is InChI=1S/C18H21NOS/c1-18(2,3)16-11-21-17(19-16)10-15(20)14-9-13(14)12-7-5-4-6-8-12/h4-8,11,13-14H,9-10H2,1-3H3. The first-order valence-corrected chi connectivity index (χ1v) is 8.35. The maximum Gasteiger partial charge on any atom is 0.143 e. The molecule has 1 fully saturated rings. The number of hydrogen-bond donors (Lipinski definition) is 0. The van der Waals surface area contributed by atoms with Gasteiger partial charge >= 0.3 is 0 Å². The molecule has 0 radical (unpaired) electrons. The maximum absolute atomic E-state index is 12.4. The number of nitrogens with zero attached hydrogens (tertiary/aromatic N) is 1. The Hall–Kier alpha value is -1.48. The average Bonchev–Trinajstić information content (AvgIpc) is 3.11. The summed E-state index contributed by atoms with van der Waals surface area (Å²) in [6, 6.07) is 10.4. The van der Waals surface area contributed by atoms with Gasteiger partial charge in [-0.2, -0.15) is 0 Å². The molecule has 0 bridgehead atoms. The van der Waals surface area contributed by atoms with Gasteiger partial charge in [-0.1, -0.05) is 51.1 Å². The normalized spacial score (nSPS) is 21.3. The number of carbonyl (C=O) groups excluding carboxylic acids is 1. The molecule has 1 aromatic carbocycles. The van der Waals surface area contributed by atoms with E-state index in [0.29, 0.717) is 18.1 Å². The topological polar surface area (TPSA) is 30.0 Å². The van der Waals surface area contributed by atoms with Gasteiger partial charge < -0.3 is 0 Å². The molecule has 0 spiro atoms. The second-order valence-corrected chi connectivity index (χ2v) is 7.82. The summed E-state index contributed by atoms with van der Waals surface area (Å²) in [6.07, 6.45) is 1.50. The van der Waals surface area contributed by atoms with E-state index in [4.69, 9.17) is 0 Å². The van der Waals surface area contributed by atoms with E-state index in [0.717, 1.165) is 17.1 Å². The second kappa shape index (κ2) is 5.38. The number of thiazole rings is 1. The van der Waals surface area contributed by atoms with E-state index in [1.54, 1.807) is 11.3 Å². The van der Waals surface area contributed by atoms with Crippen LogP contribution in [0.15, 0.2) is 35.7 Å². The van der Waals surface area contributed by atoms with Crippen LogP contribution in [-0.4, -0.2) is 10.8 Å². The highest BCUT2D eigenvalue weighted by Gasteiger charge is 2.43. The summed E-state index contributed by atoms with van der Waals surface area (Å²) in [7, 11) is 0. The third-order valence-corrected chi connectivity index (χ3v) is 4.93. The van der Waals surface area contributed by atoms with Crippen LogP contribution in [0.25, 0.3) is 0 Å². The van der Waals surface area contributed by atoms with Crippen LogP contribution in [0.3, 0.4) is 0 Å². The third-order valence-electron chi connectivity index (χ3n) is 4.08. The third kappa shape index (κ3) is 3.24. The van der Waals surface area contributed by atoms with E-state index in [1.807, 2.05) is 18.2 Å². The highest BCUT2D eigenvalue weighted by Crippen LogP contribution is 2.48. The molecule has 0 saturated heterocycles. The van der Waals surface area contributed by atoms with Crippen molar-refractivity contribution in [3.05, 3.63) is 52.0 Å². The number of benzene rings is 1. The smallest absolute Gasteiger partial charge is 0.143 e. The lowest BCUT2D eigenvalue weighted by molar-refractivity contribution is -0.119. The van der Waals surface area contributed by atoms with E-state index in [-0.39, 0.29) is 11.3 Å². The molecule has 0 N–H and O–H groups in total. The molecule has 1 aromatic heterocycles. The quantitative estimate of drug-likeness (QED) is 0.840. The van der Waals surface area contributed by atoms with Crippen molar-refractivity contribution in [3.63, 3.8) is 0 Å². The van der Waals surface area contributed by atoms with Gasteiger partial charge in [0, 0.05) is 16.7 Å². The lowest BCUT2D eigenvalue weighted by Gasteiger charge is -2.14. The highest BCUT2D eigenvalue weighted by atomic mass is 32.1. The van der Waals surface area contributed by atoms with Crippen LogP contribution >= 0.6 is 11.3 Å². The minimum atomic E-state index is 0.0595. The van der Waals surface area contributed by atoms with Gasteiger partial charge in [0.2, 0.25) is 0 Å². The Kier molecular flexibility index (Phi) is 3.70. The van der Waals surface area contributed by atoms with Crippen molar-refractivity contribution in [3.8, 4) is 0 Å². The SMILES string of the molecule is CC(C)(C)c1csc(CC(=O)C2CC2c2ccccc2)n1. The average molecular weight is 299 g/mol. The van der Waals surface area contributed by atoms with Gasteiger partial charge in [0.05, 0.1) is 12.1 Å². The van der Waals surface area contributed by atoms with Crippen molar-refractivity contribution < 1.29 is 4.79 Å². The molecule has 3 rings (SSSR count). The van der Waals surface area contributed by atoms with E-state index in [9.17, 15) is 4.79 Å². The fourth-order valence-corrected chi connectivity index (χ4v) is 3.67. The Morgan fingerprint density at radius 2 is 2.00 bits per heavy atom. The van der Waals surface area contributed by atoms with Crippen molar-refractivity contribution >= 4 is 17.1 Å². The fraction of sp³-hybridized carbons (Fsp3) is 0.444. The molecule has 1 saturated carbocycles. The molecular formula is C18H21NOS. The molecule has 21 heavy (non-hydrogen) atoms. The number of carbonyl (C=O) groups is 1. The number of Topliss-reactive ketones (excluding diaryl/α,β-unsaturated/α-hetero) is 1. The van der Waals surface area contributed by atoms with Crippen LogP contribution in [0.4, 0.5) is 0 Å². The molecule has 1 aliphatic rings. The molecule has 0 aliphatic heterocycles. The number of aromatic nitrogens is 1. The molecule has 110 valence electrons. The minimum absolute atomic E-state index is 0.0595. The zero-order chi connectivity index (χ0) is 15.0. The van der Waals surface area contributed by atoms with E-state index >= 15 is 0 Å². The van der Waals surface area contributed by atoms with Gasteiger partial charge in [-0.05, 0) is 17.9 Å². The van der Waals surface area contributed by atoms with Gasteiger partial charge in [-0.25, -0.2) is 4.98 Å². The first-order chi connectivity index (χ1) is 9.95. The van der Waals surface area contributed by atoms with Crippen molar-refractivity contribution in [1.29, 1.82) is 0 Å². The zero-order valence-corrected chi connectivity index (χ0v) is 13.6. The Labute approximate surface area is 130 Å².